The van der Waals surface area contributed by atoms with E-state index in [1.165, 1.54) is 12.1 Å². The number of nitro groups is 1. The number of sulfone groups is 1. The number of hydrogen-bond acceptors (Lipinski definition) is 6. The van der Waals surface area contributed by atoms with Crippen molar-refractivity contribution < 1.29 is 18.1 Å². The van der Waals surface area contributed by atoms with Crippen molar-refractivity contribution in [1.82, 2.24) is 0 Å². The van der Waals surface area contributed by atoms with Gasteiger partial charge in [0.2, 0.25) is 5.91 Å². The minimum atomic E-state index is -3.79. The number of hydrogen-bond donors (Lipinski definition) is 2. The van der Waals surface area contributed by atoms with E-state index in [0.717, 1.165) is 29.0 Å². The molecule has 0 spiro atoms. The van der Waals surface area contributed by atoms with Gasteiger partial charge in [0.1, 0.15) is 10.6 Å². The second-order valence-corrected chi connectivity index (χ2v) is 8.34. The Kier molecular flexibility index (Phi) is 5.85. The van der Waals surface area contributed by atoms with E-state index in [9.17, 15) is 23.3 Å². The van der Waals surface area contributed by atoms with Crippen LogP contribution in [0.2, 0.25) is 0 Å². The molecule has 9 heteroatoms. The third-order valence-electron chi connectivity index (χ3n) is 3.96. The van der Waals surface area contributed by atoms with Gasteiger partial charge >= 0.3 is 5.69 Å². The molecule has 0 aromatic heterocycles. The highest BCUT2D eigenvalue weighted by Gasteiger charge is 2.26. The van der Waals surface area contributed by atoms with E-state index in [1.807, 2.05) is 32.9 Å². The topological polar surface area (TPSA) is 118 Å². The number of carbonyl (C=O) groups excluding carboxylic acids is 1. The summed E-state index contributed by atoms with van der Waals surface area (Å²) in [5, 5.41) is 16.8. The van der Waals surface area contributed by atoms with Crippen LogP contribution in [0.4, 0.5) is 17.1 Å². The van der Waals surface area contributed by atoms with Gasteiger partial charge in [-0.2, -0.15) is 0 Å². The molecular formula is C18H21N3O5S. The Morgan fingerprint density at radius 2 is 1.74 bits per heavy atom. The molecule has 0 unspecified atom stereocenters. The molecule has 0 atom stereocenters. The van der Waals surface area contributed by atoms with Crippen molar-refractivity contribution in [3.8, 4) is 0 Å². The molecule has 0 aliphatic carbocycles. The SMILES string of the molecule is Cc1cc(C)c(NC(=O)CNc2cccc(S(C)(=O)=O)c2[N+](=O)[O-])c(C)c1. The van der Waals surface area contributed by atoms with Crippen molar-refractivity contribution in [1.29, 1.82) is 0 Å². The third-order valence-corrected chi connectivity index (χ3v) is 5.09. The zero-order valence-corrected chi connectivity index (χ0v) is 16.3. The second-order valence-electron chi connectivity index (χ2n) is 6.36. The number of nitrogens with zero attached hydrogens (tertiary/aromatic N) is 1. The van der Waals surface area contributed by atoms with Crippen LogP contribution in [-0.2, 0) is 14.6 Å². The summed E-state index contributed by atoms with van der Waals surface area (Å²) >= 11 is 0. The predicted octanol–water partition coefficient (Wildman–Crippen LogP) is 2.97. The van der Waals surface area contributed by atoms with Crippen LogP contribution in [0, 0.1) is 30.9 Å². The molecule has 0 saturated carbocycles. The molecule has 1 amide bonds. The first-order valence-electron chi connectivity index (χ1n) is 8.09. The van der Waals surface area contributed by atoms with Gasteiger partial charge in [-0.25, -0.2) is 8.42 Å². The lowest BCUT2D eigenvalue weighted by Gasteiger charge is -2.14. The van der Waals surface area contributed by atoms with Crippen LogP contribution in [0.1, 0.15) is 16.7 Å². The first-order valence-corrected chi connectivity index (χ1v) is 9.99. The maximum Gasteiger partial charge on any atom is 0.310 e. The number of benzene rings is 2. The van der Waals surface area contributed by atoms with Gasteiger partial charge in [-0.1, -0.05) is 23.8 Å². The molecule has 2 aromatic rings. The van der Waals surface area contributed by atoms with Gasteiger partial charge in [0.15, 0.2) is 9.84 Å². The van der Waals surface area contributed by atoms with Crippen molar-refractivity contribution in [2.75, 3.05) is 23.4 Å². The zero-order chi connectivity index (χ0) is 20.4. The summed E-state index contributed by atoms with van der Waals surface area (Å²) in [5.41, 5.74) is 2.98. The fraction of sp³-hybridized carbons (Fsp3) is 0.278. The van der Waals surface area contributed by atoms with E-state index in [4.69, 9.17) is 0 Å². The Balaban J connectivity index is 2.22. The molecule has 0 heterocycles. The van der Waals surface area contributed by atoms with Gasteiger partial charge in [0.25, 0.3) is 0 Å². The van der Waals surface area contributed by atoms with Crippen molar-refractivity contribution in [3.63, 3.8) is 0 Å². The lowest BCUT2D eigenvalue weighted by Crippen LogP contribution is -2.23. The average molecular weight is 391 g/mol. The number of para-hydroxylation sites is 1. The van der Waals surface area contributed by atoms with Crippen molar-refractivity contribution in [2.24, 2.45) is 0 Å². The Hall–Kier alpha value is -2.94. The molecule has 144 valence electrons. The molecule has 0 bridgehead atoms. The van der Waals surface area contributed by atoms with E-state index in [1.54, 1.807) is 0 Å². The van der Waals surface area contributed by atoms with Gasteiger partial charge in [-0.15, -0.1) is 0 Å². The highest BCUT2D eigenvalue weighted by molar-refractivity contribution is 7.90. The second kappa shape index (κ2) is 7.75. The number of aryl methyl sites for hydroxylation is 3. The standard InChI is InChI=1S/C18H21N3O5S/c1-11-8-12(2)17(13(3)9-11)20-16(22)10-19-14-6-5-7-15(27(4,25)26)18(14)21(23)24/h5-9,19H,10H2,1-4H3,(H,20,22). The molecule has 2 rings (SSSR count). The summed E-state index contributed by atoms with van der Waals surface area (Å²) in [4.78, 5) is 22.5. The van der Waals surface area contributed by atoms with Crippen LogP contribution in [0.15, 0.2) is 35.2 Å². The number of carbonyl (C=O) groups is 1. The molecule has 0 aliphatic heterocycles. The normalized spacial score (nSPS) is 11.1. The van der Waals surface area contributed by atoms with Gasteiger partial charge in [-0.3, -0.25) is 14.9 Å². The van der Waals surface area contributed by atoms with E-state index >= 15 is 0 Å². The quantitative estimate of drug-likeness (QED) is 0.577. The number of nitro benzene ring substituents is 1. The molecule has 0 saturated heterocycles. The average Bonchev–Trinajstić information content (AvgIpc) is 2.54. The molecular weight excluding hydrogens is 370 g/mol. The van der Waals surface area contributed by atoms with Crippen LogP contribution in [-0.4, -0.2) is 32.0 Å². The number of nitrogens with one attached hydrogen (secondary N) is 2. The molecule has 8 nitrogen and oxygen atoms in total. The summed E-state index contributed by atoms with van der Waals surface area (Å²) in [6.45, 7) is 5.47. The van der Waals surface area contributed by atoms with Gasteiger partial charge in [-0.05, 0) is 44.0 Å². The molecule has 27 heavy (non-hydrogen) atoms. The predicted molar refractivity (Wildman–Crippen MR) is 104 cm³/mol. The van der Waals surface area contributed by atoms with E-state index in [-0.39, 0.29) is 12.2 Å². The van der Waals surface area contributed by atoms with Gasteiger partial charge in [0, 0.05) is 11.9 Å². The molecule has 0 radical (unpaired) electrons. The van der Waals surface area contributed by atoms with Crippen LogP contribution in [0.5, 0.6) is 0 Å². The lowest BCUT2D eigenvalue weighted by molar-refractivity contribution is -0.386. The van der Waals surface area contributed by atoms with Gasteiger partial charge < -0.3 is 10.6 Å². The first kappa shape index (κ1) is 20.4. The van der Waals surface area contributed by atoms with E-state index < -0.39 is 31.3 Å². The Morgan fingerprint density at radius 3 is 2.26 bits per heavy atom. The minimum Gasteiger partial charge on any atom is -0.371 e. The van der Waals surface area contributed by atoms with Crippen molar-refractivity contribution in [3.05, 3.63) is 57.1 Å². The van der Waals surface area contributed by atoms with Gasteiger partial charge in [0.05, 0.1) is 11.5 Å². The Morgan fingerprint density at radius 1 is 1.15 bits per heavy atom. The molecule has 2 aromatic carbocycles. The fourth-order valence-corrected chi connectivity index (χ4v) is 3.75. The van der Waals surface area contributed by atoms with Crippen molar-refractivity contribution >= 4 is 32.8 Å². The highest BCUT2D eigenvalue weighted by atomic mass is 32.2. The molecule has 0 fully saturated rings. The van der Waals surface area contributed by atoms with Crippen molar-refractivity contribution in [2.45, 2.75) is 25.7 Å². The number of amides is 1. The third kappa shape index (κ3) is 4.82. The first-order chi connectivity index (χ1) is 12.5. The van der Waals surface area contributed by atoms with Crippen LogP contribution < -0.4 is 10.6 Å². The Bertz CT molecular complexity index is 993. The summed E-state index contributed by atoms with van der Waals surface area (Å²) in [6.07, 6.45) is 0.898. The van der Waals surface area contributed by atoms with E-state index in [0.29, 0.717) is 5.69 Å². The fourth-order valence-electron chi connectivity index (χ4n) is 2.89. The van der Waals surface area contributed by atoms with E-state index in [2.05, 4.69) is 10.6 Å². The Labute approximate surface area is 157 Å². The highest BCUT2D eigenvalue weighted by Crippen LogP contribution is 2.31. The van der Waals surface area contributed by atoms with Crippen LogP contribution >= 0.6 is 0 Å². The summed E-state index contributed by atoms with van der Waals surface area (Å²) in [5.74, 6) is -0.399. The van der Waals surface area contributed by atoms with Crippen LogP contribution in [0.3, 0.4) is 0 Å². The minimum absolute atomic E-state index is 0.0320. The molecule has 2 N–H and O–H groups in total. The summed E-state index contributed by atoms with van der Waals surface area (Å²) < 4.78 is 23.6. The maximum atomic E-state index is 12.3. The summed E-state index contributed by atoms with van der Waals surface area (Å²) in [7, 11) is -3.79. The smallest absolute Gasteiger partial charge is 0.310 e. The zero-order valence-electron chi connectivity index (χ0n) is 15.5. The summed E-state index contributed by atoms with van der Waals surface area (Å²) in [6, 6.07) is 7.80. The monoisotopic (exact) mass is 391 g/mol. The number of rotatable bonds is 6. The lowest BCUT2D eigenvalue weighted by atomic mass is 10.1. The largest absolute Gasteiger partial charge is 0.371 e. The number of anilines is 2. The van der Waals surface area contributed by atoms with Crippen LogP contribution in [0.25, 0.3) is 0 Å². The maximum absolute atomic E-state index is 12.3. The molecule has 0 aliphatic rings.